The van der Waals surface area contributed by atoms with Crippen molar-refractivity contribution in [3.63, 3.8) is 0 Å². The molecule has 0 unspecified atom stereocenters. The summed E-state index contributed by atoms with van der Waals surface area (Å²) in [6, 6.07) is 73.4. The molecule has 0 atom stereocenters. The third-order valence-electron chi connectivity index (χ3n) is 11.9. The highest BCUT2D eigenvalue weighted by molar-refractivity contribution is 6.11. The smallest absolute Gasteiger partial charge is 0.0541 e. The van der Waals surface area contributed by atoms with Gasteiger partial charge < -0.3 is 14.0 Å². The summed E-state index contributed by atoms with van der Waals surface area (Å²) in [7, 11) is 0. The van der Waals surface area contributed by atoms with E-state index in [1.54, 1.807) is 0 Å². The summed E-state index contributed by atoms with van der Waals surface area (Å²) in [6.07, 6.45) is 0.935. The Labute approximate surface area is 324 Å². The van der Waals surface area contributed by atoms with Gasteiger partial charge in [-0.3, -0.25) is 0 Å². The molecule has 3 heteroatoms. The van der Waals surface area contributed by atoms with Crippen molar-refractivity contribution < 1.29 is 0 Å². The average Bonchev–Trinajstić information content (AvgIpc) is 3.78. The Morgan fingerprint density at radius 1 is 0.321 bits per heavy atom. The number of nitrogens with zero attached hydrogens (tertiary/aromatic N) is 3. The summed E-state index contributed by atoms with van der Waals surface area (Å²) in [4.78, 5) is 2.44. The number of fused-ring (bicyclic) bond motifs is 8. The van der Waals surface area contributed by atoms with Crippen LogP contribution in [0.1, 0.15) is 11.1 Å². The molecule has 0 spiro atoms. The molecule has 9 aromatic carbocycles. The van der Waals surface area contributed by atoms with E-state index < -0.39 is 0 Å². The van der Waals surface area contributed by atoms with Crippen LogP contribution in [-0.4, -0.2) is 9.13 Å². The molecule has 2 heterocycles. The molecule has 0 radical (unpaired) electrons. The number of hydrogen-bond acceptors (Lipinski definition) is 1. The van der Waals surface area contributed by atoms with Gasteiger partial charge in [-0.1, -0.05) is 121 Å². The van der Waals surface area contributed by atoms with Crippen LogP contribution in [0.3, 0.4) is 0 Å². The first-order valence-electron chi connectivity index (χ1n) is 19.4. The van der Waals surface area contributed by atoms with Crippen molar-refractivity contribution in [1.82, 2.24) is 9.13 Å². The quantitative estimate of drug-likeness (QED) is 0.173. The second-order valence-electron chi connectivity index (χ2n) is 14.9. The Kier molecular flexibility index (Phi) is 6.69. The van der Waals surface area contributed by atoms with Crippen LogP contribution in [-0.2, 0) is 6.42 Å². The molecule has 0 bridgehead atoms. The van der Waals surface area contributed by atoms with Gasteiger partial charge in [0.25, 0.3) is 0 Å². The second-order valence-corrected chi connectivity index (χ2v) is 14.9. The fourth-order valence-corrected chi connectivity index (χ4v) is 9.51. The highest BCUT2D eigenvalue weighted by atomic mass is 15.1. The van der Waals surface area contributed by atoms with Crippen LogP contribution in [0.15, 0.2) is 200 Å². The number of para-hydroxylation sites is 4. The zero-order valence-electron chi connectivity index (χ0n) is 30.6. The second kappa shape index (κ2) is 12.1. The van der Waals surface area contributed by atoms with Gasteiger partial charge in [0.05, 0.1) is 27.8 Å². The van der Waals surface area contributed by atoms with Crippen molar-refractivity contribution in [2.75, 3.05) is 4.90 Å². The van der Waals surface area contributed by atoms with Crippen molar-refractivity contribution >= 4 is 71.4 Å². The van der Waals surface area contributed by atoms with E-state index in [1.165, 1.54) is 82.3 Å². The molecule has 0 amide bonds. The van der Waals surface area contributed by atoms with Crippen molar-refractivity contribution in [3.05, 3.63) is 211 Å². The summed E-state index contributed by atoms with van der Waals surface area (Å²) in [5.41, 5.74) is 15.9. The zero-order chi connectivity index (χ0) is 36.7. The molecular formula is C53H35N3. The van der Waals surface area contributed by atoms with E-state index in [0.29, 0.717) is 0 Å². The molecular weight excluding hydrogens is 679 g/mol. The van der Waals surface area contributed by atoms with Gasteiger partial charge in [-0.25, -0.2) is 0 Å². The molecule has 0 saturated carbocycles. The molecule has 0 saturated heterocycles. The lowest BCUT2D eigenvalue weighted by molar-refractivity contribution is 1.17. The van der Waals surface area contributed by atoms with Gasteiger partial charge in [0.2, 0.25) is 0 Å². The Bertz CT molecular complexity index is 3060. The third kappa shape index (κ3) is 4.52. The minimum absolute atomic E-state index is 0.935. The van der Waals surface area contributed by atoms with E-state index in [2.05, 4.69) is 214 Å². The van der Waals surface area contributed by atoms with Gasteiger partial charge in [-0.15, -0.1) is 0 Å². The van der Waals surface area contributed by atoms with Crippen LogP contribution >= 0.6 is 0 Å². The fraction of sp³-hybridized carbons (Fsp3) is 0.0189. The third-order valence-corrected chi connectivity index (χ3v) is 11.9. The minimum atomic E-state index is 0.935. The van der Waals surface area contributed by atoms with E-state index in [4.69, 9.17) is 0 Å². The van der Waals surface area contributed by atoms with Crippen molar-refractivity contribution in [3.8, 4) is 22.5 Å². The lowest BCUT2D eigenvalue weighted by atomic mass is 9.83. The van der Waals surface area contributed by atoms with E-state index in [9.17, 15) is 0 Å². The van der Waals surface area contributed by atoms with Crippen LogP contribution in [0.25, 0.3) is 76.9 Å². The largest absolute Gasteiger partial charge is 0.310 e. The topological polar surface area (TPSA) is 13.1 Å². The van der Waals surface area contributed by atoms with Crippen LogP contribution in [0.2, 0.25) is 0 Å². The monoisotopic (exact) mass is 713 g/mol. The normalized spacial score (nSPS) is 12.2. The maximum Gasteiger partial charge on any atom is 0.0541 e. The molecule has 11 aromatic rings. The fourth-order valence-electron chi connectivity index (χ4n) is 9.51. The standard InChI is InChI=1S/C53H35N3/c1-2-14-41-35(12-1)34-36-13-11-19-47-52(33-32-46(41)53(36)47)54(37-24-28-39(29-25-37)55-48-20-7-3-15-42(48)43-16-4-8-21-49(43)55)38-26-30-40(31-27-38)56-50-22-9-5-17-44(50)45-18-6-10-23-51(45)56/h1-33H,34H2. The predicted octanol–water partition coefficient (Wildman–Crippen LogP) is 14.1. The Hall–Kier alpha value is -7.36. The Morgan fingerprint density at radius 2 is 0.750 bits per heavy atom. The van der Waals surface area contributed by atoms with Crippen LogP contribution < -0.4 is 4.90 Å². The highest BCUT2D eigenvalue weighted by Gasteiger charge is 2.23. The minimum Gasteiger partial charge on any atom is -0.310 e. The molecule has 56 heavy (non-hydrogen) atoms. The first-order chi connectivity index (χ1) is 27.8. The first-order valence-corrected chi connectivity index (χ1v) is 19.4. The molecule has 262 valence electrons. The van der Waals surface area contributed by atoms with Gasteiger partial charge in [0.15, 0.2) is 0 Å². The molecule has 0 fully saturated rings. The lowest BCUT2D eigenvalue weighted by Gasteiger charge is -2.29. The van der Waals surface area contributed by atoms with Gasteiger partial charge in [-0.2, -0.15) is 0 Å². The highest BCUT2D eigenvalue weighted by Crippen LogP contribution is 2.46. The molecule has 1 aliphatic carbocycles. The van der Waals surface area contributed by atoms with Gasteiger partial charge >= 0.3 is 0 Å². The molecule has 2 aromatic heterocycles. The predicted molar refractivity (Wildman–Crippen MR) is 236 cm³/mol. The number of anilines is 3. The summed E-state index contributed by atoms with van der Waals surface area (Å²) in [5.74, 6) is 0. The SMILES string of the molecule is c1ccc2c(c1)Cc1cccc3c(N(c4ccc(-n5c6ccccc6c6ccccc65)cc4)c4ccc(-n5c6ccccc6c6ccccc65)cc4)ccc-2c13. The van der Waals surface area contributed by atoms with E-state index in [0.717, 1.165) is 29.2 Å². The first kappa shape index (κ1) is 31.0. The van der Waals surface area contributed by atoms with E-state index in [1.807, 2.05) is 0 Å². The number of benzene rings is 9. The molecule has 0 aliphatic heterocycles. The average molecular weight is 714 g/mol. The summed E-state index contributed by atoms with van der Waals surface area (Å²) in [5, 5.41) is 7.67. The van der Waals surface area contributed by atoms with Gasteiger partial charge in [-0.05, 0) is 113 Å². The van der Waals surface area contributed by atoms with Crippen LogP contribution in [0.4, 0.5) is 17.1 Å². The van der Waals surface area contributed by atoms with Crippen LogP contribution in [0.5, 0.6) is 0 Å². The lowest BCUT2D eigenvalue weighted by Crippen LogP contribution is -2.12. The molecule has 3 nitrogen and oxygen atoms in total. The Morgan fingerprint density at radius 3 is 1.27 bits per heavy atom. The summed E-state index contributed by atoms with van der Waals surface area (Å²) in [6.45, 7) is 0. The number of hydrogen-bond donors (Lipinski definition) is 0. The maximum absolute atomic E-state index is 2.44. The van der Waals surface area contributed by atoms with Crippen LogP contribution in [0, 0.1) is 0 Å². The number of rotatable bonds is 5. The summed E-state index contributed by atoms with van der Waals surface area (Å²) >= 11 is 0. The van der Waals surface area contributed by atoms with Crippen molar-refractivity contribution in [1.29, 1.82) is 0 Å². The molecule has 12 rings (SSSR count). The van der Waals surface area contributed by atoms with E-state index in [-0.39, 0.29) is 0 Å². The zero-order valence-corrected chi connectivity index (χ0v) is 30.6. The van der Waals surface area contributed by atoms with Crippen molar-refractivity contribution in [2.45, 2.75) is 6.42 Å². The maximum atomic E-state index is 2.44. The van der Waals surface area contributed by atoms with E-state index >= 15 is 0 Å². The van der Waals surface area contributed by atoms with Gasteiger partial charge in [0.1, 0.15) is 0 Å². The Balaban J connectivity index is 1.05. The van der Waals surface area contributed by atoms with Gasteiger partial charge in [0, 0.05) is 49.7 Å². The van der Waals surface area contributed by atoms with Crippen molar-refractivity contribution in [2.24, 2.45) is 0 Å². The molecule has 1 aliphatic rings. The number of aromatic nitrogens is 2. The summed E-state index contributed by atoms with van der Waals surface area (Å²) < 4.78 is 4.78. The molecule has 0 N–H and O–H groups in total.